The number of nitrogens with two attached hydrogens (primary N) is 1. The van der Waals surface area contributed by atoms with Crippen LogP contribution in [0, 0.1) is 5.92 Å². The van der Waals surface area contributed by atoms with Crippen molar-refractivity contribution in [3.8, 4) is 0 Å². The second-order valence-corrected chi connectivity index (χ2v) is 7.42. The highest BCUT2D eigenvalue weighted by atomic mass is 16.2. The molecule has 2 fully saturated rings. The van der Waals surface area contributed by atoms with Crippen molar-refractivity contribution in [1.29, 1.82) is 0 Å². The van der Waals surface area contributed by atoms with Gasteiger partial charge in [0.15, 0.2) is 0 Å². The molecule has 2 aliphatic rings. The van der Waals surface area contributed by atoms with Crippen LogP contribution in [0.1, 0.15) is 31.4 Å². The normalized spacial score (nSPS) is 25.4. The molecule has 1 saturated heterocycles. The number of carbonyl (C=O) groups is 1. The summed E-state index contributed by atoms with van der Waals surface area (Å²) in [6.07, 6.45) is 8.14. The van der Waals surface area contributed by atoms with Crippen LogP contribution < -0.4 is 5.73 Å². The first-order valence-corrected chi connectivity index (χ1v) is 9.38. The van der Waals surface area contributed by atoms with Crippen molar-refractivity contribution in [2.24, 2.45) is 11.7 Å². The van der Waals surface area contributed by atoms with Crippen LogP contribution in [0.4, 0.5) is 0 Å². The van der Waals surface area contributed by atoms with Gasteiger partial charge in [0, 0.05) is 57.1 Å². The Morgan fingerprint density at radius 3 is 2.80 bits per heavy atom. The van der Waals surface area contributed by atoms with E-state index in [2.05, 4.69) is 20.5 Å². The standard InChI is InChI=1S/C19H27N5O/c20-16-5-3-4-15(12-16)19(25)23-10-8-22(9-11-23)13-17-14-24-7-2-1-6-18(24)21-17/h1-2,6-7,14-16H,3-5,8-13,20H2/t15-,16-/m1/s1. The van der Waals surface area contributed by atoms with Crippen LogP contribution in [0.25, 0.3) is 5.65 Å². The number of hydrogen-bond acceptors (Lipinski definition) is 4. The number of carbonyl (C=O) groups excluding carboxylic acids is 1. The molecule has 25 heavy (non-hydrogen) atoms. The molecule has 134 valence electrons. The van der Waals surface area contributed by atoms with Crippen LogP contribution in [-0.2, 0) is 11.3 Å². The molecule has 0 radical (unpaired) electrons. The van der Waals surface area contributed by atoms with E-state index in [0.29, 0.717) is 5.91 Å². The van der Waals surface area contributed by atoms with Crippen LogP contribution in [0.3, 0.4) is 0 Å². The molecule has 0 aromatic carbocycles. The summed E-state index contributed by atoms with van der Waals surface area (Å²) in [4.78, 5) is 21.8. The number of aromatic nitrogens is 2. The van der Waals surface area contributed by atoms with E-state index in [1.807, 2.05) is 29.3 Å². The lowest BCUT2D eigenvalue weighted by Crippen LogP contribution is -2.51. The molecule has 2 aromatic heterocycles. The van der Waals surface area contributed by atoms with Crippen molar-refractivity contribution in [3.05, 3.63) is 36.3 Å². The highest BCUT2D eigenvalue weighted by Gasteiger charge is 2.30. The number of pyridine rings is 1. The summed E-state index contributed by atoms with van der Waals surface area (Å²) in [5.41, 5.74) is 8.12. The minimum atomic E-state index is 0.147. The van der Waals surface area contributed by atoms with Crippen LogP contribution in [0.5, 0.6) is 0 Å². The fraction of sp³-hybridized carbons (Fsp3) is 0.579. The van der Waals surface area contributed by atoms with E-state index in [1.165, 1.54) is 0 Å². The van der Waals surface area contributed by atoms with Gasteiger partial charge in [-0.15, -0.1) is 0 Å². The average molecular weight is 341 g/mol. The maximum atomic E-state index is 12.7. The van der Waals surface area contributed by atoms with Gasteiger partial charge in [0.2, 0.25) is 5.91 Å². The monoisotopic (exact) mass is 341 g/mol. The maximum Gasteiger partial charge on any atom is 0.225 e. The minimum absolute atomic E-state index is 0.147. The second-order valence-electron chi connectivity index (χ2n) is 7.42. The number of hydrogen-bond donors (Lipinski definition) is 1. The molecule has 0 unspecified atom stereocenters. The number of fused-ring (bicyclic) bond motifs is 1. The third-order valence-electron chi connectivity index (χ3n) is 5.55. The number of piperazine rings is 1. The van der Waals surface area contributed by atoms with Gasteiger partial charge < -0.3 is 15.0 Å². The molecular weight excluding hydrogens is 314 g/mol. The topological polar surface area (TPSA) is 66.9 Å². The smallest absolute Gasteiger partial charge is 0.225 e. The van der Waals surface area contributed by atoms with Crippen molar-refractivity contribution < 1.29 is 4.79 Å². The molecule has 6 nitrogen and oxygen atoms in total. The lowest BCUT2D eigenvalue weighted by Gasteiger charge is -2.37. The number of imidazole rings is 1. The van der Waals surface area contributed by atoms with Gasteiger partial charge in [0.05, 0.1) is 5.69 Å². The van der Waals surface area contributed by atoms with Crippen molar-refractivity contribution >= 4 is 11.6 Å². The highest BCUT2D eigenvalue weighted by Crippen LogP contribution is 2.25. The minimum Gasteiger partial charge on any atom is -0.340 e. The zero-order valence-corrected chi connectivity index (χ0v) is 14.7. The zero-order valence-electron chi connectivity index (χ0n) is 14.7. The molecule has 1 aliphatic carbocycles. The van der Waals surface area contributed by atoms with Crippen molar-refractivity contribution in [3.63, 3.8) is 0 Å². The molecular formula is C19H27N5O. The summed E-state index contributed by atoms with van der Waals surface area (Å²) in [6.45, 7) is 4.31. The number of amides is 1. The second kappa shape index (κ2) is 7.14. The van der Waals surface area contributed by atoms with Gasteiger partial charge in [-0.3, -0.25) is 9.69 Å². The van der Waals surface area contributed by atoms with Gasteiger partial charge in [-0.25, -0.2) is 4.98 Å². The maximum absolute atomic E-state index is 12.7. The zero-order chi connectivity index (χ0) is 17.2. The Hall–Kier alpha value is -1.92. The molecule has 2 aromatic rings. The molecule has 1 amide bonds. The van der Waals surface area contributed by atoms with Gasteiger partial charge in [0.1, 0.15) is 5.65 Å². The SMILES string of the molecule is N[C@@H]1CCC[C@@H](C(=O)N2CCN(Cc3cn4ccccc4n3)CC2)C1. The fourth-order valence-corrected chi connectivity index (χ4v) is 4.13. The molecule has 4 rings (SSSR count). The Bertz CT molecular complexity index is 701. The van der Waals surface area contributed by atoms with Crippen LogP contribution in [0.15, 0.2) is 30.6 Å². The molecule has 1 aliphatic heterocycles. The molecule has 3 heterocycles. The van der Waals surface area contributed by atoms with E-state index < -0.39 is 0 Å². The van der Waals surface area contributed by atoms with E-state index >= 15 is 0 Å². The highest BCUT2D eigenvalue weighted by molar-refractivity contribution is 5.79. The molecule has 0 spiro atoms. The van der Waals surface area contributed by atoms with Crippen molar-refractivity contribution in [1.82, 2.24) is 19.2 Å². The third-order valence-corrected chi connectivity index (χ3v) is 5.55. The molecule has 1 saturated carbocycles. The summed E-state index contributed by atoms with van der Waals surface area (Å²) in [5, 5.41) is 0. The van der Waals surface area contributed by atoms with Crippen LogP contribution in [0.2, 0.25) is 0 Å². The quantitative estimate of drug-likeness (QED) is 0.919. The Kier molecular flexibility index (Phi) is 4.72. The summed E-state index contributed by atoms with van der Waals surface area (Å²) in [5.74, 6) is 0.469. The first-order valence-electron chi connectivity index (χ1n) is 9.38. The summed E-state index contributed by atoms with van der Waals surface area (Å²) < 4.78 is 2.06. The fourth-order valence-electron chi connectivity index (χ4n) is 4.13. The largest absolute Gasteiger partial charge is 0.340 e. The third kappa shape index (κ3) is 3.70. The van der Waals surface area contributed by atoms with E-state index in [4.69, 9.17) is 5.73 Å². The van der Waals surface area contributed by atoms with Crippen LogP contribution in [-0.4, -0.2) is 57.3 Å². The van der Waals surface area contributed by atoms with Gasteiger partial charge in [-0.05, 0) is 31.4 Å². The first-order chi connectivity index (χ1) is 12.2. The molecule has 0 bridgehead atoms. The Labute approximate surface area is 148 Å². The van der Waals surface area contributed by atoms with E-state index in [0.717, 1.165) is 69.7 Å². The van der Waals surface area contributed by atoms with E-state index in [-0.39, 0.29) is 12.0 Å². The van der Waals surface area contributed by atoms with E-state index in [9.17, 15) is 4.79 Å². The average Bonchev–Trinajstić information content (AvgIpc) is 3.04. The predicted octanol–water partition coefficient (Wildman–Crippen LogP) is 1.50. The Morgan fingerprint density at radius 2 is 2.04 bits per heavy atom. The Morgan fingerprint density at radius 1 is 1.20 bits per heavy atom. The summed E-state index contributed by atoms with van der Waals surface area (Å²) in [7, 11) is 0. The number of nitrogens with zero attached hydrogens (tertiary/aromatic N) is 4. The molecule has 6 heteroatoms. The lowest BCUT2D eigenvalue weighted by atomic mass is 9.85. The summed E-state index contributed by atoms with van der Waals surface area (Å²) >= 11 is 0. The molecule has 2 N–H and O–H groups in total. The van der Waals surface area contributed by atoms with Gasteiger partial charge in [-0.1, -0.05) is 12.5 Å². The Balaban J connectivity index is 1.31. The molecule has 2 atom stereocenters. The first kappa shape index (κ1) is 16.5. The predicted molar refractivity (Wildman–Crippen MR) is 97.0 cm³/mol. The van der Waals surface area contributed by atoms with E-state index in [1.54, 1.807) is 0 Å². The lowest BCUT2D eigenvalue weighted by molar-refractivity contribution is -0.138. The van der Waals surface area contributed by atoms with Gasteiger partial charge in [-0.2, -0.15) is 0 Å². The van der Waals surface area contributed by atoms with Gasteiger partial charge in [0.25, 0.3) is 0 Å². The van der Waals surface area contributed by atoms with Crippen LogP contribution >= 0.6 is 0 Å². The van der Waals surface area contributed by atoms with Crippen molar-refractivity contribution in [2.45, 2.75) is 38.3 Å². The number of rotatable bonds is 3. The van der Waals surface area contributed by atoms with Crippen molar-refractivity contribution in [2.75, 3.05) is 26.2 Å². The van der Waals surface area contributed by atoms with Gasteiger partial charge >= 0.3 is 0 Å². The summed E-state index contributed by atoms with van der Waals surface area (Å²) in [6, 6.07) is 6.25.